The van der Waals surface area contributed by atoms with Gasteiger partial charge < -0.3 is 15.7 Å². The van der Waals surface area contributed by atoms with E-state index in [0.717, 1.165) is 5.56 Å². The minimum absolute atomic E-state index is 0.0857. The Morgan fingerprint density at radius 2 is 1.96 bits per heavy atom. The van der Waals surface area contributed by atoms with Crippen LogP contribution in [0.5, 0.6) is 5.75 Å². The Morgan fingerprint density at radius 1 is 1.26 bits per heavy atom. The second-order valence-electron chi connectivity index (χ2n) is 4.77. The van der Waals surface area contributed by atoms with Gasteiger partial charge in [0.15, 0.2) is 0 Å². The zero-order valence-corrected chi connectivity index (χ0v) is 13.1. The number of hydrogen-bond acceptors (Lipinski definition) is 4. The lowest BCUT2D eigenvalue weighted by Gasteiger charge is -2.08. The number of phenols is 1. The number of nitriles is 1. The van der Waals surface area contributed by atoms with Gasteiger partial charge in [0.2, 0.25) is 0 Å². The molecular formula is C17H14ClN3O2. The number of rotatable bonds is 4. The molecule has 0 saturated carbocycles. The minimum Gasteiger partial charge on any atom is -0.508 e. The van der Waals surface area contributed by atoms with Crippen LogP contribution in [0.2, 0.25) is 5.02 Å². The summed E-state index contributed by atoms with van der Waals surface area (Å²) in [7, 11) is 0. The molecule has 2 aromatic rings. The molecule has 1 amide bonds. The van der Waals surface area contributed by atoms with Gasteiger partial charge in [0.25, 0.3) is 5.91 Å². The van der Waals surface area contributed by atoms with Crippen molar-refractivity contribution in [2.24, 2.45) is 0 Å². The molecule has 3 N–H and O–H groups in total. The van der Waals surface area contributed by atoms with Crippen LogP contribution in [0.3, 0.4) is 0 Å². The molecule has 116 valence electrons. The molecule has 0 aliphatic rings. The van der Waals surface area contributed by atoms with Crippen LogP contribution < -0.4 is 10.6 Å². The van der Waals surface area contributed by atoms with Gasteiger partial charge >= 0.3 is 0 Å². The van der Waals surface area contributed by atoms with E-state index in [1.54, 1.807) is 30.3 Å². The van der Waals surface area contributed by atoms with Crippen molar-refractivity contribution in [2.75, 3.05) is 10.6 Å². The normalized spacial score (nSPS) is 10.7. The van der Waals surface area contributed by atoms with Crippen LogP contribution in [0.15, 0.2) is 54.2 Å². The molecule has 2 rings (SSSR count). The number of benzene rings is 2. The van der Waals surface area contributed by atoms with Crippen molar-refractivity contribution in [1.82, 2.24) is 0 Å². The van der Waals surface area contributed by atoms with E-state index in [0.29, 0.717) is 16.4 Å². The van der Waals surface area contributed by atoms with Gasteiger partial charge in [-0.2, -0.15) is 5.26 Å². The highest BCUT2D eigenvalue weighted by molar-refractivity contribution is 6.31. The molecule has 23 heavy (non-hydrogen) atoms. The van der Waals surface area contributed by atoms with Gasteiger partial charge in [-0.1, -0.05) is 17.7 Å². The van der Waals surface area contributed by atoms with Crippen molar-refractivity contribution in [2.45, 2.75) is 6.92 Å². The summed E-state index contributed by atoms with van der Waals surface area (Å²) in [5, 5.41) is 24.3. The lowest BCUT2D eigenvalue weighted by Crippen LogP contribution is -2.15. The fourth-order valence-corrected chi connectivity index (χ4v) is 1.95. The summed E-state index contributed by atoms with van der Waals surface area (Å²) in [6.45, 7) is 1.83. The van der Waals surface area contributed by atoms with E-state index in [9.17, 15) is 9.90 Å². The van der Waals surface area contributed by atoms with Crippen LogP contribution in [0.1, 0.15) is 5.56 Å². The first-order chi connectivity index (χ1) is 11.0. The number of aryl methyl sites for hydroxylation is 1. The number of amides is 1. The summed E-state index contributed by atoms with van der Waals surface area (Å²) in [5.74, 6) is -0.404. The van der Waals surface area contributed by atoms with Crippen molar-refractivity contribution in [3.63, 3.8) is 0 Å². The maximum absolute atomic E-state index is 12.2. The molecule has 0 atom stereocenters. The van der Waals surface area contributed by atoms with E-state index in [-0.39, 0.29) is 11.3 Å². The highest BCUT2D eigenvalue weighted by Gasteiger charge is 2.11. The Balaban J connectivity index is 2.12. The average Bonchev–Trinajstić information content (AvgIpc) is 2.53. The molecule has 0 spiro atoms. The maximum Gasteiger partial charge on any atom is 0.267 e. The molecule has 0 saturated heterocycles. The van der Waals surface area contributed by atoms with E-state index in [4.69, 9.17) is 16.9 Å². The van der Waals surface area contributed by atoms with E-state index in [1.165, 1.54) is 18.3 Å². The zero-order chi connectivity index (χ0) is 16.8. The van der Waals surface area contributed by atoms with Crippen LogP contribution in [0.4, 0.5) is 11.4 Å². The van der Waals surface area contributed by atoms with E-state index >= 15 is 0 Å². The van der Waals surface area contributed by atoms with Crippen molar-refractivity contribution in [3.05, 3.63) is 64.8 Å². The number of carbonyl (C=O) groups excluding carboxylic acids is 1. The molecule has 0 aromatic heterocycles. The molecule has 0 unspecified atom stereocenters. The third kappa shape index (κ3) is 4.50. The average molecular weight is 328 g/mol. The molecule has 5 nitrogen and oxygen atoms in total. The van der Waals surface area contributed by atoms with Gasteiger partial charge in [0, 0.05) is 22.6 Å². The van der Waals surface area contributed by atoms with Crippen molar-refractivity contribution >= 4 is 28.9 Å². The number of anilines is 2. The van der Waals surface area contributed by atoms with Gasteiger partial charge in [-0.25, -0.2) is 0 Å². The monoisotopic (exact) mass is 327 g/mol. The largest absolute Gasteiger partial charge is 0.508 e. The molecule has 0 fully saturated rings. The number of phenolic OH excluding ortho intramolecular Hbond substituents is 1. The Bertz CT molecular complexity index is 792. The summed E-state index contributed by atoms with van der Waals surface area (Å²) in [4.78, 5) is 12.2. The number of hydrogen-bond donors (Lipinski definition) is 3. The molecule has 0 heterocycles. The number of nitrogens with zero attached hydrogens (tertiary/aromatic N) is 1. The molecule has 6 heteroatoms. The minimum atomic E-state index is -0.538. The first-order valence-corrected chi connectivity index (χ1v) is 7.11. The topological polar surface area (TPSA) is 85.2 Å². The van der Waals surface area contributed by atoms with Crippen molar-refractivity contribution < 1.29 is 9.90 Å². The maximum atomic E-state index is 12.2. The Hall–Kier alpha value is -2.97. The van der Waals surface area contributed by atoms with Gasteiger partial charge in [-0.15, -0.1) is 0 Å². The van der Waals surface area contributed by atoms with Crippen LogP contribution in [0, 0.1) is 18.3 Å². The van der Waals surface area contributed by atoms with E-state index < -0.39 is 5.91 Å². The predicted octanol–water partition coefficient (Wildman–Crippen LogP) is 3.81. The third-order valence-electron chi connectivity index (χ3n) is 3.06. The second kappa shape index (κ2) is 7.34. The van der Waals surface area contributed by atoms with Crippen molar-refractivity contribution in [1.29, 1.82) is 5.26 Å². The predicted molar refractivity (Wildman–Crippen MR) is 90.2 cm³/mol. The second-order valence-corrected chi connectivity index (χ2v) is 5.21. The first kappa shape index (κ1) is 16.4. The standard InChI is InChI=1S/C17H14ClN3O2/c1-11-2-3-13(18)8-16(11)21-17(23)12(9-19)10-20-14-4-6-15(22)7-5-14/h2-8,10,20,22H,1H3,(H,21,23)/b12-10-. The lowest BCUT2D eigenvalue weighted by molar-refractivity contribution is -0.112. The highest BCUT2D eigenvalue weighted by atomic mass is 35.5. The summed E-state index contributed by atoms with van der Waals surface area (Å²) in [6, 6.07) is 13.2. The van der Waals surface area contributed by atoms with Crippen LogP contribution in [-0.4, -0.2) is 11.0 Å². The number of nitrogens with one attached hydrogen (secondary N) is 2. The van der Waals surface area contributed by atoms with E-state index in [1.807, 2.05) is 13.0 Å². The number of carbonyl (C=O) groups is 1. The summed E-state index contributed by atoms with van der Waals surface area (Å²) < 4.78 is 0. The van der Waals surface area contributed by atoms with Gasteiger partial charge in [-0.3, -0.25) is 4.79 Å². The fourth-order valence-electron chi connectivity index (χ4n) is 1.78. The highest BCUT2D eigenvalue weighted by Crippen LogP contribution is 2.21. The first-order valence-electron chi connectivity index (χ1n) is 6.73. The quantitative estimate of drug-likeness (QED) is 0.453. The van der Waals surface area contributed by atoms with Crippen LogP contribution >= 0.6 is 11.6 Å². The van der Waals surface area contributed by atoms with Crippen molar-refractivity contribution in [3.8, 4) is 11.8 Å². The van der Waals surface area contributed by atoms with Crippen LogP contribution in [0.25, 0.3) is 0 Å². The van der Waals surface area contributed by atoms with Gasteiger partial charge in [0.05, 0.1) is 0 Å². The molecule has 0 radical (unpaired) electrons. The smallest absolute Gasteiger partial charge is 0.267 e. The molecule has 0 bridgehead atoms. The third-order valence-corrected chi connectivity index (χ3v) is 3.30. The van der Waals surface area contributed by atoms with Gasteiger partial charge in [0.1, 0.15) is 17.4 Å². The van der Waals surface area contributed by atoms with E-state index in [2.05, 4.69) is 10.6 Å². The molecule has 0 aliphatic carbocycles. The zero-order valence-electron chi connectivity index (χ0n) is 12.3. The number of aromatic hydroxyl groups is 1. The SMILES string of the molecule is Cc1ccc(Cl)cc1NC(=O)/C(C#N)=C\Nc1ccc(O)cc1. The Morgan fingerprint density at radius 3 is 2.61 bits per heavy atom. The molecule has 2 aromatic carbocycles. The summed E-state index contributed by atoms with van der Waals surface area (Å²) in [5.41, 5.74) is 1.94. The fraction of sp³-hybridized carbons (Fsp3) is 0.0588. The lowest BCUT2D eigenvalue weighted by atomic mass is 10.2. The molecular weight excluding hydrogens is 314 g/mol. The number of halogens is 1. The van der Waals surface area contributed by atoms with Crippen LogP contribution in [-0.2, 0) is 4.79 Å². The Labute approximate surface area is 138 Å². The Kier molecular flexibility index (Phi) is 5.23. The van der Waals surface area contributed by atoms with Gasteiger partial charge in [-0.05, 0) is 48.9 Å². The molecule has 0 aliphatic heterocycles. The summed E-state index contributed by atoms with van der Waals surface area (Å²) >= 11 is 5.90. The summed E-state index contributed by atoms with van der Waals surface area (Å²) in [6.07, 6.45) is 1.31.